The van der Waals surface area contributed by atoms with Gasteiger partial charge in [-0.05, 0) is 44.2 Å². The number of hydrogen-bond donors (Lipinski definition) is 5. The second kappa shape index (κ2) is 16.7. The second-order valence-electron chi connectivity index (χ2n) is 14.5. The summed E-state index contributed by atoms with van der Waals surface area (Å²) in [5, 5.41) is 19.2. The van der Waals surface area contributed by atoms with Crippen molar-refractivity contribution < 1.29 is 14.7 Å². The quantitative estimate of drug-likeness (QED) is 0.131. The largest absolute Gasteiger partial charge is 0.480 e. The lowest BCUT2D eigenvalue weighted by atomic mass is 10.1. The molecule has 1 aliphatic rings. The number of nitrogens with one attached hydrogen (secondary N) is 2. The fourth-order valence-corrected chi connectivity index (χ4v) is 7.05. The number of aromatic nitrogens is 12. The summed E-state index contributed by atoms with van der Waals surface area (Å²) < 4.78 is 3.06. The number of fused-ring (bicyclic) bond motifs is 2. The number of carbonyl (C=O) groups is 2. The molecule has 19 heteroatoms. The van der Waals surface area contributed by atoms with Crippen molar-refractivity contribution in [2.75, 3.05) is 44.7 Å². The van der Waals surface area contributed by atoms with Crippen LogP contribution in [0, 0.1) is 0 Å². The molecule has 8 aromatic rings. The molecule has 9 rings (SSSR count). The number of likely N-dealkylation sites (N-methyl/N-ethyl adjacent to an activating group) is 1. The van der Waals surface area contributed by atoms with E-state index in [4.69, 9.17) is 16.6 Å². The van der Waals surface area contributed by atoms with Crippen LogP contribution < -0.4 is 11.5 Å². The number of nitrogens with zero attached hydrogens (tertiary/aromatic N) is 12. The Labute approximate surface area is 343 Å². The fraction of sp³-hybridized carbons (Fsp3) is 0.268. The molecule has 0 unspecified atom stereocenters. The summed E-state index contributed by atoms with van der Waals surface area (Å²) in [6.07, 6.45) is 15.8. The first-order valence-corrected chi connectivity index (χ1v) is 19.5. The molecule has 0 atom stereocenters. The predicted molar refractivity (Wildman–Crippen MR) is 226 cm³/mol. The monoisotopic (exact) mass is 808 g/mol. The van der Waals surface area contributed by atoms with E-state index in [1.807, 2.05) is 55.5 Å². The average Bonchev–Trinajstić information content (AvgIpc) is 4.07. The van der Waals surface area contributed by atoms with Crippen LogP contribution >= 0.6 is 0 Å². The Hall–Kier alpha value is -7.54. The minimum atomic E-state index is -0.945. The zero-order chi connectivity index (χ0) is 41.9. The Morgan fingerprint density at radius 2 is 1.15 bits per heavy atom. The molecule has 1 fully saturated rings. The molecule has 60 heavy (non-hydrogen) atoms. The molecule has 0 spiro atoms. The number of nitrogens with two attached hydrogens (primary N) is 2. The number of aryl methyl sites for hydroxylation is 2. The number of aliphatic carboxylic acids is 1. The number of carbonyl (C=O) groups excluding carboxylic acids is 1. The summed E-state index contributed by atoms with van der Waals surface area (Å²) in [5.74, 6) is -0.363. The number of nitrogen functional groups attached to an aromatic ring is 2. The highest BCUT2D eigenvalue weighted by Crippen LogP contribution is 2.32. The Balaban J connectivity index is 0.000000170. The van der Waals surface area contributed by atoms with Crippen molar-refractivity contribution in [2.45, 2.75) is 39.8 Å². The number of hydrogen-bond acceptors (Lipinski definition) is 13. The first kappa shape index (κ1) is 39.3. The number of carboxylic acids is 1. The minimum absolute atomic E-state index is 0.0901. The molecular weight excluding hydrogens is 765 g/mol. The number of piperazine rings is 1. The van der Waals surface area contributed by atoms with Gasteiger partial charge in [0.25, 0.3) is 0 Å². The van der Waals surface area contributed by atoms with Crippen LogP contribution in [0.15, 0.2) is 73.8 Å². The minimum Gasteiger partial charge on any atom is -0.480 e. The van der Waals surface area contributed by atoms with Crippen molar-refractivity contribution in [1.82, 2.24) is 69.2 Å². The number of anilines is 2. The van der Waals surface area contributed by atoms with E-state index in [1.54, 1.807) is 35.7 Å². The average molecular weight is 809 g/mol. The molecule has 0 radical (unpaired) electrons. The number of aromatic amines is 2. The van der Waals surface area contributed by atoms with Crippen molar-refractivity contribution in [1.29, 1.82) is 0 Å². The molecular formula is C41H44N16O3. The summed E-state index contributed by atoms with van der Waals surface area (Å²) in [6, 6.07) is 7.89. The van der Waals surface area contributed by atoms with E-state index in [9.17, 15) is 9.59 Å². The van der Waals surface area contributed by atoms with Gasteiger partial charge in [0, 0.05) is 119 Å². The normalized spacial score (nSPS) is 13.2. The molecule has 8 aromatic heterocycles. The lowest BCUT2D eigenvalue weighted by Crippen LogP contribution is -2.48. The molecule has 306 valence electrons. The summed E-state index contributed by atoms with van der Waals surface area (Å²) in [4.78, 5) is 60.2. The maximum Gasteiger partial charge on any atom is 0.325 e. The van der Waals surface area contributed by atoms with Gasteiger partial charge in [0.05, 0.1) is 23.8 Å². The lowest BCUT2D eigenvalue weighted by molar-refractivity contribution is -0.138. The van der Waals surface area contributed by atoms with Gasteiger partial charge in [0.15, 0.2) is 0 Å². The van der Waals surface area contributed by atoms with Crippen LogP contribution in [0.2, 0.25) is 0 Å². The van der Waals surface area contributed by atoms with Gasteiger partial charge in [-0.2, -0.15) is 10.2 Å². The molecule has 1 saturated heterocycles. The van der Waals surface area contributed by atoms with Crippen molar-refractivity contribution in [2.24, 2.45) is 0 Å². The van der Waals surface area contributed by atoms with Crippen LogP contribution in [0.3, 0.4) is 0 Å². The van der Waals surface area contributed by atoms with E-state index in [-0.39, 0.29) is 30.9 Å². The molecule has 0 saturated carbocycles. The van der Waals surface area contributed by atoms with Crippen LogP contribution in [0.4, 0.5) is 11.9 Å². The van der Waals surface area contributed by atoms with Gasteiger partial charge in [-0.3, -0.25) is 19.0 Å². The number of rotatable bonds is 10. The summed E-state index contributed by atoms with van der Waals surface area (Å²) in [5.41, 5.74) is 21.7. The molecule has 9 heterocycles. The Kier molecular flexibility index (Phi) is 11.0. The molecule has 7 N–H and O–H groups in total. The SMILES string of the molecule is CCc1cc(-c2c[nH]c3ncc(-c4cnn(CC(=O)N5CCN(C)CC5)c4)cc23)nc(N)n1.CCc1cc(-c2c[nH]c3ncc(-c4cnn(CC(=O)O)c4)cc23)nc(N)n1. The van der Waals surface area contributed by atoms with Crippen LogP contribution in [-0.2, 0) is 35.5 Å². The highest BCUT2D eigenvalue weighted by molar-refractivity contribution is 5.96. The van der Waals surface area contributed by atoms with Crippen molar-refractivity contribution in [3.05, 3.63) is 85.2 Å². The second-order valence-corrected chi connectivity index (χ2v) is 14.5. The van der Waals surface area contributed by atoms with Crippen molar-refractivity contribution in [3.8, 4) is 44.8 Å². The maximum absolute atomic E-state index is 12.6. The van der Waals surface area contributed by atoms with Crippen LogP contribution in [-0.4, -0.2) is 119 Å². The van der Waals surface area contributed by atoms with Gasteiger partial charge < -0.3 is 36.3 Å². The number of carboxylic acid groups (broad SMARTS) is 1. The van der Waals surface area contributed by atoms with E-state index in [0.29, 0.717) is 0 Å². The predicted octanol–water partition coefficient (Wildman–Crippen LogP) is 3.91. The van der Waals surface area contributed by atoms with Gasteiger partial charge in [-0.1, -0.05) is 13.8 Å². The molecule has 0 aliphatic carbocycles. The molecule has 1 amide bonds. The first-order valence-electron chi connectivity index (χ1n) is 19.5. The van der Waals surface area contributed by atoms with E-state index < -0.39 is 5.97 Å². The third-order valence-corrected chi connectivity index (χ3v) is 10.3. The van der Waals surface area contributed by atoms with Gasteiger partial charge in [-0.15, -0.1) is 0 Å². The van der Waals surface area contributed by atoms with Crippen molar-refractivity contribution in [3.63, 3.8) is 0 Å². The van der Waals surface area contributed by atoms with Gasteiger partial charge in [-0.25, -0.2) is 29.9 Å². The number of pyridine rings is 2. The van der Waals surface area contributed by atoms with E-state index in [1.165, 1.54) is 4.68 Å². The van der Waals surface area contributed by atoms with Gasteiger partial charge >= 0.3 is 5.97 Å². The number of H-pyrrole nitrogens is 2. The van der Waals surface area contributed by atoms with Crippen LogP contribution in [0.5, 0.6) is 0 Å². The fourth-order valence-electron chi connectivity index (χ4n) is 7.05. The molecule has 0 bridgehead atoms. The Bertz CT molecular complexity index is 2830. The highest BCUT2D eigenvalue weighted by atomic mass is 16.4. The van der Waals surface area contributed by atoms with Crippen LogP contribution in [0.25, 0.3) is 66.8 Å². The topological polar surface area (TPSA) is 257 Å². The van der Waals surface area contributed by atoms with Gasteiger partial charge in [0.2, 0.25) is 17.8 Å². The smallest absolute Gasteiger partial charge is 0.325 e. The molecule has 0 aromatic carbocycles. The third-order valence-electron chi connectivity index (χ3n) is 10.3. The molecule has 1 aliphatic heterocycles. The summed E-state index contributed by atoms with van der Waals surface area (Å²) in [6.45, 7) is 7.40. The molecule has 19 nitrogen and oxygen atoms in total. The van der Waals surface area contributed by atoms with Gasteiger partial charge in [0.1, 0.15) is 24.4 Å². The van der Waals surface area contributed by atoms with Crippen LogP contribution in [0.1, 0.15) is 25.2 Å². The number of amides is 1. The maximum atomic E-state index is 12.6. The zero-order valence-electron chi connectivity index (χ0n) is 33.4. The Morgan fingerprint density at radius 1 is 0.667 bits per heavy atom. The third kappa shape index (κ3) is 8.51. The van der Waals surface area contributed by atoms with E-state index in [2.05, 4.69) is 68.1 Å². The van der Waals surface area contributed by atoms with E-state index in [0.717, 1.165) is 117 Å². The first-order chi connectivity index (χ1) is 29.0. The van der Waals surface area contributed by atoms with E-state index >= 15 is 0 Å². The lowest BCUT2D eigenvalue weighted by Gasteiger charge is -2.32. The highest BCUT2D eigenvalue weighted by Gasteiger charge is 2.20. The Morgan fingerprint density at radius 3 is 1.62 bits per heavy atom. The zero-order valence-corrected chi connectivity index (χ0v) is 33.4. The van der Waals surface area contributed by atoms with Crippen molar-refractivity contribution >= 4 is 45.8 Å². The summed E-state index contributed by atoms with van der Waals surface area (Å²) in [7, 11) is 2.07. The standard InChI is InChI=1S/C23H27N9O.C18H17N7O2/c1-3-17-9-20(29-23(24)28-17)19-12-26-22-18(19)8-15(10-25-22)16-11-27-32(13-16)14-21(33)31-6-4-30(2)5-7-31;1-2-12-4-15(24-18(19)23-12)14-7-21-17-13(14)3-10(5-20-17)11-6-22-25(8-11)9-16(26)27/h8-13H,3-7,14H2,1-2H3,(H,25,26)(H2,24,28,29);3-8H,2,9H2,1H3,(H,20,21)(H,26,27)(H2,19,23,24). The summed E-state index contributed by atoms with van der Waals surface area (Å²) >= 11 is 0.